The molecule has 18 heavy (non-hydrogen) atoms. The highest BCUT2D eigenvalue weighted by Gasteiger charge is 2.41. The van der Waals surface area contributed by atoms with Crippen LogP contribution in [0.4, 0.5) is 0 Å². The lowest BCUT2D eigenvalue weighted by molar-refractivity contribution is 0.185. The molecule has 4 heteroatoms. The van der Waals surface area contributed by atoms with E-state index in [9.17, 15) is 0 Å². The molecular formula is C14H19Cl2NO. The summed E-state index contributed by atoms with van der Waals surface area (Å²) in [4.78, 5) is 0. The van der Waals surface area contributed by atoms with Gasteiger partial charge in [0, 0.05) is 35.7 Å². The van der Waals surface area contributed by atoms with Gasteiger partial charge in [-0.15, -0.1) is 0 Å². The predicted molar refractivity (Wildman–Crippen MR) is 76.7 cm³/mol. The first-order chi connectivity index (χ1) is 8.69. The molecule has 0 amide bonds. The van der Waals surface area contributed by atoms with Crippen LogP contribution in [-0.4, -0.2) is 26.8 Å². The van der Waals surface area contributed by atoms with E-state index in [-0.39, 0.29) is 5.41 Å². The Hall–Kier alpha value is -0.280. The van der Waals surface area contributed by atoms with Crippen molar-refractivity contribution in [2.75, 3.05) is 26.8 Å². The number of hydrogen-bond acceptors (Lipinski definition) is 2. The van der Waals surface area contributed by atoms with Gasteiger partial charge in [-0.05, 0) is 30.5 Å². The van der Waals surface area contributed by atoms with Crippen LogP contribution in [0.5, 0.6) is 0 Å². The maximum absolute atomic E-state index is 6.33. The molecule has 2 nitrogen and oxygen atoms in total. The molecule has 0 bridgehead atoms. The minimum atomic E-state index is 0.114. The van der Waals surface area contributed by atoms with Gasteiger partial charge in [-0.2, -0.15) is 0 Å². The topological polar surface area (TPSA) is 21.3 Å². The Morgan fingerprint density at radius 3 is 2.44 bits per heavy atom. The van der Waals surface area contributed by atoms with E-state index < -0.39 is 0 Å². The van der Waals surface area contributed by atoms with Crippen LogP contribution in [0.2, 0.25) is 10.0 Å². The number of rotatable bonds is 6. The van der Waals surface area contributed by atoms with Crippen molar-refractivity contribution in [1.29, 1.82) is 0 Å². The molecule has 0 unspecified atom stereocenters. The summed E-state index contributed by atoms with van der Waals surface area (Å²) in [6.07, 6.45) is 3.54. The Morgan fingerprint density at radius 2 is 1.94 bits per heavy atom. The largest absolute Gasteiger partial charge is 0.383 e. The van der Waals surface area contributed by atoms with Gasteiger partial charge in [0.15, 0.2) is 0 Å². The Morgan fingerprint density at radius 1 is 1.28 bits per heavy atom. The highest BCUT2D eigenvalue weighted by molar-refractivity contribution is 6.36. The Kier molecular flexibility index (Phi) is 4.91. The van der Waals surface area contributed by atoms with Crippen LogP contribution in [0.3, 0.4) is 0 Å². The van der Waals surface area contributed by atoms with E-state index in [4.69, 9.17) is 27.9 Å². The predicted octanol–water partition coefficient (Wildman–Crippen LogP) is 3.65. The van der Waals surface area contributed by atoms with Crippen molar-refractivity contribution in [2.45, 2.75) is 24.7 Å². The van der Waals surface area contributed by atoms with Crippen molar-refractivity contribution in [3.05, 3.63) is 33.8 Å². The summed E-state index contributed by atoms with van der Waals surface area (Å²) in [5.74, 6) is 0. The number of methoxy groups -OCH3 is 1. The molecule has 1 aliphatic carbocycles. The Bertz CT molecular complexity index is 385. The van der Waals surface area contributed by atoms with Crippen LogP contribution >= 0.6 is 23.2 Å². The lowest BCUT2D eigenvalue weighted by atomic mass is 9.64. The molecule has 1 N–H and O–H groups in total. The van der Waals surface area contributed by atoms with Crippen LogP contribution in [-0.2, 0) is 10.2 Å². The number of ether oxygens (including phenoxy) is 1. The van der Waals surface area contributed by atoms with E-state index in [0.29, 0.717) is 0 Å². The number of benzene rings is 1. The lowest BCUT2D eigenvalue weighted by Crippen LogP contribution is -2.45. The first-order valence-corrected chi connectivity index (χ1v) is 7.09. The molecule has 1 aromatic rings. The zero-order chi connectivity index (χ0) is 13.0. The molecule has 0 heterocycles. The van der Waals surface area contributed by atoms with Gasteiger partial charge in [-0.1, -0.05) is 35.7 Å². The quantitative estimate of drug-likeness (QED) is 0.807. The molecule has 100 valence electrons. The summed E-state index contributed by atoms with van der Waals surface area (Å²) in [5.41, 5.74) is 1.23. The van der Waals surface area contributed by atoms with E-state index in [1.807, 2.05) is 18.2 Å². The summed E-state index contributed by atoms with van der Waals surface area (Å²) >= 11 is 12.7. The Balaban J connectivity index is 2.11. The summed E-state index contributed by atoms with van der Waals surface area (Å²) in [6.45, 7) is 2.51. The second-order valence-corrected chi connectivity index (χ2v) is 5.71. The molecule has 0 aliphatic heterocycles. The third kappa shape index (κ3) is 2.83. The van der Waals surface area contributed by atoms with Crippen molar-refractivity contribution in [1.82, 2.24) is 5.32 Å². The van der Waals surface area contributed by atoms with Crippen molar-refractivity contribution in [2.24, 2.45) is 0 Å². The SMILES string of the molecule is COCCNCC1(c2c(Cl)cccc2Cl)CCC1. The number of halogens is 2. The summed E-state index contributed by atoms with van der Waals surface area (Å²) in [7, 11) is 1.71. The van der Waals surface area contributed by atoms with Crippen LogP contribution < -0.4 is 5.32 Å². The van der Waals surface area contributed by atoms with Crippen molar-refractivity contribution in [3.63, 3.8) is 0 Å². The summed E-state index contributed by atoms with van der Waals surface area (Å²) in [5, 5.41) is 5.02. The average molecular weight is 288 g/mol. The van der Waals surface area contributed by atoms with Crippen molar-refractivity contribution < 1.29 is 4.74 Å². The fourth-order valence-electron chi connectivity index (χ4n) is 2.63. The van der Waals surface area contributed by atoms with Gasteiger partial charge >= 0.3 is 0 Å². The van der Waals surface area contributed by atoms with Crippen LogP contribution in [0.25, 0.3) is 0 Å². The first kappa shape index (κ1) is 14.1. The molecule has 1 fully saturated rings. The van der Waals surface area contributed by atoms with Gasteiger partial charge in [-0.3, -0.25) is 0 Å². The van der Waals surface area contributed by atoms with Crippen molar-refractivity contribution in [3.8, 4) is 0 Å². The number of hydrogen-bond donors (Lipinski definition) is 1. The number of nitrogens with one attached hydrogen (secondary N) is 1. The van der Waals surface area contributed by atoms with Crippen LogP contribution in [0.1, 0.15) is 24.8 Å². The molecule has 1 aromatic carbocycles. The van der Waals surface area contributed by atoms with Gasteiger partial charge in [0.2, 0.25) is 0 Å². The average Bonchev–Trinajstić information content (AvgIpc) is 2.29. The molecule has 0 radical (unpaired) electrons. The molecule has 2 rings (SSSR count). The third-order valence-electron chi connectivity index (χ3n) is 3.75. The standard InChI is InChI=1S/C14H19Cl2NO/c1-18-9-8-17-10-14(6-3-7-14)13-11(15)4-2-5-12(13)16/h2,4-5,17H,3,6-10H2,1H3. The first-order valence-electron chi connectivity index (χ1n) is 6.34. The van der Waals surface area contributed by atoms with E-state index >= 15 is 0 Å². The van der Waals surface area contributed by atoms with Gasteiger partial charge in [-0.25, -0.2) is 0 Å². The normalized spacial score (nSPS) is 17.5. The monoisotopic (exact) mass is 287 g/mol. The van der Waals surface area contributed by atoms with Crippen molar-refractivity contribution >= 4 is 23.2 Å². The Labute approximate surface area is 119 Å². The maximum Gasteiger partial charge on any atom is 0.0587 e. The van der Waals surface area contributed by atoms with Gasteiger partial charge < -0.3 is 10.1 Å². The van der Waals surface area contributed by atoms with Gasteiger partial charge in [0.1, 0.15) is 0 Å². The molecule has 1 aliphatic rings. The van der Waals surface area contributed by atoms with Gasteiger partial charge in [0.05, 0.1) is 6.61 Å². The van der Waals surface area contributed by atoms with Crippen LogP contribution in [0.15, 0.2) is 18.2 Å². The molecule has 0 spiro atoms. The highest BCUT2D eigenvalue weighted by Crippen LogP contribution is 2.48. The maximum atomic E-state index is 6.33. The minimum Gasteiger partial charge on any atom is -0.383 e. The van der Waals surface area contributed by atoms with E-state index in [0.717, 1.165) is 48.1 Å². The molecule has 0 atom stereocenters. The fraction of sp³-hybridized carbons (Fsp3) is 0.571. The minimum absolute atomic E-state index is 0.114. The molecule has 0 saturated heterocycles. The second kappa shape index (κ2) is 6.25. The lowest BCUT2D eigenvalue weighted by Gasteiger charge is -2.43. The third-order valence-corrected chi connectivity index (χ3v) is 4.38. The summed E-state index contributed by atoms with van der Waals surface area (Å²) in [6, 6.07) is 5.76. The van der Waals surface area contributed by atoms with E-state index in [2.05, 4.69) is 5.32 Å². The second-order valence-electron chi connectivity index (χ2n) is 4.90. The highest BCUT2D eigenvalue weighted by atomic mass is 35.5. The van der Waals surface area contributed by atoms with Crippen LogP contribution in [0, 0.1) is 0 Å². The molecular weight excluding hydrogens is 269 g/mol. The van der Waals surface area contributed by atoms with E-state index in [1.165, 1.54) is 6.42 Å². The van der Waals surface area contributed by atoms with Gasteiger partial charge in [0.25, 0.3) is 0 Å². The molecule has 0 aromatic heterocycles. The molecule has 1 saturated carbocycles. The van der Waals surface area contributed by atoms with E-state index in [1.54, 1.807) is 7.11 Å². The zero-order valence-electron chi connectivity index (χ0n) is 10.6. The summed E-state index contributed by atoms with van der Waals surface area (Å²) < 4.78 is 5.05. The smallest absolute Gasteiger partial charge is 0.0587 e. The fourth-order valence-corrected chi connectivity index (χ4v) is 3.42. The zero-order valence-corrected chi connectivity index (χ0v) is 12.2.